The molecule has 0 saturated heterocycles. The smallest absolute Gasteiger partial charge is 0.166 e. The summed E-state index contributed by atoms with van der Waals surface area (Å²) in [5.74, 6) is 0.628. The molecule has 0 unspecified atom stereocenters. The standard InChI is InChI=1S/C12H10N4/c13-8-11-12(2-1-6-14-11)16-7-5-10(15-16)9-3-4-9/h1-2,5-7,9H,3-4H2. The fourth-order valence-corrected chi connectivity index (χ4v) is 1.74. The van der Waals surface area contributed by atoms with Crippen molar-refractivity contribution in [2.75, 3.05) is 0 Å². The molecule has 1 aliphatic rings. The van der Waals surface area contributed by atoms with Crippen molar-refractivity contribution >= 4 is 0 Å². The molecule has 2 aromatic heterocycles. The number of hydrogen-bond acceptors (Lipinski definition) is 3. The molecular formula is C12H10N4. The van der Waals surface area contributed by atoms with E-state index in [1.807, 2.05) is 24.4 Å². The average Bonchev–Trinajstić information content (AvgIpc) is 3.07. The van der Waals surface area contributed by atoms with Crippen molar-refractivity contribution in [3.8, 4) is 11.8 Å². The molecule has 0 radical (unpaired) electrons. The summed E-state index contributed by atoms with van der Waals surface area (Å²) in [6.45, 7) is 0. The highest BCUT2D eigenvalue weighted by molar-refractivity contribution is 5.43. The summed E-state index contributed by atoms with van der Waals surface area (Å²) in [6, 6.07) is 7.77. The summed E-state index contributed by atoms with van der Waals surface area (Å²) >= 11 is 0. The van der Waals surface area contributed by atoms with Crippen LogP contribution < -0.4 is 0 Å². The van der Waals surface area contributed by atoms with Gasteiger partial charge in [-0.05, 0) is 31.0 Å². The third kappa shape index (κ3) is 1.47. The first kappa shape index (κ1) is 9.10. The Morgan fingerprint density at radius 2 is 2.25 bits per heavy atom. The molecule has 0 N–H and O–H groups in total. The maximum atomic E-state index is 8.95. The minimum atomic E-state index is 0.410. The van der Waals surface area contributed by atoms with Crippen LogP contribution in [-0.2, 0) is 0 Å². The number of hydrogen-bond donors (Lipinski definition) is 0. The van der Waals surface area contributed by atoms with E-state index in [1.165, 1.54) is 12.8 Å². The Kier molecular flexibility index (Phi) is 1.97. The van der Waals surface area contributed by atoms with Crippen LogP contribution in [0.15, 0.2) is 30.6 Å². The Bertz CT molecular complexity index is 560. The van der Waals surface area contributed by atoms with Crippen LogP contribution >= 0.6 is 0 Å². The first-order valence-electron chi connectivity index (χ1n) is 5.29. The first-order chi connectivity index (χ1) is 7.88. The molecular weight excluding hydrogens is 200 g/mol. The van der Waals surface area contributed by atoms with E-state index in [-0.39, 0.29) is 0 Å². The van der Waals surface area contributed by atoms with E-state index in [0.29, 0.717) is 11.6 Å². The first-order valence-corrected chi connectivity index (χ1v) is 5.29. The Morgan fingerprint density at radius 1 is 1.38 bits per heavy atom. The SMILES string of the molecule is N#Cc1ncccc1-n1ccc(C2CC2)n1. The lowest BCUT2D eigenvalue weighted by atomic mass is 10.3. The molecule has 0 bridgehead atoms. The second-order valence-electron chi connectivity index (χ2n) is 3.94. The number of pyridine rings is 1. The Morgan fingerprint density at radius 3 is 3.00 bits per heavy atom. The highest BCUT2D eigenvalue weighted by Crippen LogP contribution is 2.39. The van der Waals surface area contributed by atoms with E-state index in [9.17, 15) is 0 Å². The lowest BCUT2D eigenvalue weighted by molar-refractivity contribution is 0.830. The lowest BCUT2D eigenvalue weighted by Crippen LogP contribution is -2.00. The van der Waals surface area contributed by atoms with Crippen molar-refractivity contribution in [3.63, 3.8) is 0 Å². The van der Waals surface area contributed by atoms with Gasteiger partial charge in [0.15, 0.2) is 5.69 Å². The molecule has 1 fully saturated rings. The minimum absolute atomic E-state index is 0.410. The molecule has 4 heteroatoms. The maximum absolute atomic E-state index is 8.95. The van der Waals surface area contributed by atoms with Crippen LogP contribution in [0, 0.1) is 11.3 Å². The molecule has 16 heavy (non-hydrogen) atoms. The van der Waals surface area contributed by atoms with Gasteiger partial charge < -0.3 is 0 Å². The quantitative estimate of drug-likeness (QED) is 0.761. The van der Waals surface area contributed by atoms with Gasteiger partial charge in [0, 0.05) is 18.3 Å². The van der Waals surface area contributed by atoms with Gasteiger partial charge in [0.1, 0.15) is 11.8 Å². The van der Waals surface area contributed by atoms with Crippen molar-refractivity contribution < 1.29 is 0 Å². The van der Waals surface area contributed by atoms with E-state index < -0.39 is 0 Å². The molecule has 1 saturated carbocycles. The third-order valence-corrected chi connectivity index (χ3v) is 2.74. The van der Waals surface area contributed by atoms with Gasteiger partial charge in [-0.25, -0.2) is 9.67 Å². The maximum Gasteiger partial charge on any atom is 0.166 e. The fraction of sp³-hybridized carbons (Fsp3) is 0.250. The summed E-state index contributed by atoms with van der Waals surface area (Å²) in [7, 11) is 0. The van der Waals surface area contributed by atoms with Crippen molar-refractivity contribution in [3.05, 3.63) is 42.0 Å². The lowest BCUT2D eigenvalue weighted by Gasteiger charge is -2.01. The fourth-order valence-electron chi connectivity index (χ4n) is 1.74. The Hall–Kier alpha value is -2.15. The van der Waals surface area contributed by atoms with Gasteiger partial charge >= 0.3 is 0 Å². The van der Waals surface area contributed by atoms with Gasteiger partial charge in [-0.15, -0.1) is 0 Å². The highest BCUT2D eigenvalue weighted by Gasteiger charge is 2.26. The molecule has 78 valence electrons. The van der Waals surface area contributed by atoms with Crippen LogP contribution in [0.1, 0.15) is 30.1 Å². The van der Waals surface area contributed by atoms with Gasteiger partial charge in [0.25, 0.3) is 0 Å². The van der Waals surface area contributed by atoms with Crippen LogP contribution in [-0.4, -0.2) is 14.8 Å². The number of nitrogens with zero attached hydrogens (tertiary/aromatic N) is 4. The van der Waals surface area contributed by atoms with E-state index in [2.05, 4.69) is 16.2 Å². The third-order valence-electron chi connectivity index (χ3n) is 2.74. The molecule has 1 aliphatic carbocycles. The van der Waals surface area contributed by atoms with Gasteiger partial charge in [-0.1, -0.05) is 0 Å². The zero-order chi connectivity index (χ0) is 11.0. The molecule has 4 nitrogen and oxygen atoms in total. The largest absolute Gasteiger partial charge is 0.243 e. The predicted octanol–water partition coefficient (Wildman–Crippen LogP) is 2.02. The van der Waals surface area contributed by atoms with Crippen LogP contribution in [0.3, 0.4) is 0 Å². The molecule has 0 atom stereocenters. The van der Waals surface area contributed by atoms with Crippen LogP contribution in [0.5, 0.6) is 0 Å². The van der Waals surface area contributed by atoms with E-state index in [4.69, 9.17) is 5.26 Å². The molecule has 2 aromatic rings. The average molecular weight is 210 g/mol. The molecule has 0 amide bonds. The molecule has 0 aromatic carbocycles. The van der Waals surface area contributed by atoms with E-state index in [0.717, 1.165) is 11.4 Å². The van der Waals surface area contributed by atoms with E-state index >= 15 is 0 Å². The van der Waals surface area contributed by atoms with Gasteiger partial charge in [-0.3, -0.25) is 0 Å². The monoisotopic (exact) mass is 210 g/mol. The van der Waals surface area contributed by atoms with Crippen molar-refractivity contribution in [2.24, 2.45) is 0 Å². The number of aromatic nitrogens is 3. The number of rotatable bonds is 2. The highest BCUT2D eigenvalue weighted by atomic mass is 15.3. The van der Waals surface area contributed by atoms with Crippen LogP contribution in [0.2, 0.25) is 0 Å². The second-order valence-corrected chi connectivity index (χ2v) is 3.94. The molecule has 0 aliphatic heterocycles. The zero-order valence-electron chi connectivity index (χ0n) is 8.67. The normalized spacial score (nSPS) is 14.7. The minimum Gasteiger partial charge on any atom is -0.243 e. The zero-order valence-corrected chi connectivity index (χ0v) is 8.67. The van der Waals surface area contributed by atoms with Crippen LogP contribution in [0.4, 0.5) is 0 Å². The molecule has 3 rings (SSSR count). The van der Waals surface area contributed by atoms with Crippen molar-refractivity contribution in [1.29, 1.82) is 5.26 Å². The predicted molar refractivity (Wildman–Crippen MR) is 58.0 cm³/mol. The van der Waals surface area contributed by atoms with Crippen molar-refractivity contribution in [2.45, 2.75) is 18.8 Å². The van der Waals surface area contributed by atoms with E-state index in [1.54, 1.807) is 10.9 Å². The summed E-state index contributed by atoms with van der Waals surface area (Å²) in [6.07, 6.45) is 5.98. The molecule has 2 heterocycles. The summed E-state index contributed by atoms with van der Waals surface area (Å²) < 4.78 is 1.74. The summed E-state index contributed by atoms with van der Waals surface area (Å²) in [4.78, 5) is 4.02. The second kappa shape index (κ2) is 3.46. The Balaban J connectivity index is 2.04. The number of nitriles is 1. The van der Waals surface area contributed by atoms with Gasteiger partial charge in [0.05, 0.1) is 5.69 Å². The van der Waals surface area contributed by atoms with Gasteiger partial charge in [-0.2, -0.15) is 10.4 Å². The Labute approximate surface area is 93.2 Å². The summed E-state index contributed by atoms with van der Waals surface area (Å²) in [5.41, 5.74) is 2.28. The van der Waals surface area contributed by atoms with Gasteiger partial charge in [0.2, 0.25) is 0 Å². The van der Waals surface area contributed by atoms with Crippen molar-refractivity contribution in [1.82, 2.24) is 14.8 Å². The molecule has 0 spiro atoms. The topological polar surface area (TPSA) is 54.5 Å². The van der Waals surface area contributed by atoms with Crippen LogP contribution in [0.25, 0.3) is 5.69 Å². The summed E-state index contributed by atoms with van der Waals surface area (Å²) in [5, 5.41) is 13.4.